The van der Waals surface area contributed by atoms with Crippen LogP contribution in [0, 0.1) is 6.92 Å². The molecule has 18 heavy (non-hydrogen) atoms. The molecular weight excluding hydrogens is 234 g/mol. The van der Waals surface area contributed by atoms with Crippen LogP contribution in [0.15, 0.2) is 12.1 Å². The van der Waals surface area contributed by atoms with Crippen molar-refractivity contribution in [2.45, 2.75) is 6.92 Å². The van der Waals surface area contributed by atoms with Crippen molar-refractivity contribution in [2.24, 2.45) is 7.05 Å². The molecule has 0 spiro atoms. The Balaban J connectivity index is 2.19. The molecule has 3 rings (SSSR count). The van der Waals surface area contributed by atoms with Gasteiger partial charge in [-0.25, -0.2) is 9.67 Å². The standard InChI is InChI=1S/C12H13N3O3/c1-7-13-12(15(2)14-7)8-4-10-11(18-6-17-10)5-9(8)16-3/h4-5H,6H2,1-3H3. The van der Waals surface area contributed by atoms with Gasteiger partial charge in [0.25, 0.3) is 0 Å². The predicted octanol–water partition coefficient (Wildman–Crippen LogP) is 1.53. The minimum absolute atomic E-state index is 0.236. The Kier molecular flexibility index (Phi) is 2.36. The molecule has 6 nitrogen and oxygen atoms in total. The Bertz CT molecular complexity index is 607. The van der Waals surface area contributed by atoms with Gasteiger partial charge in [-0.15, -0.1) is 0 Å². The van der Waals surface area contributed by atoms with Crippen LogP contribution < -0.4 is 14.2 Å². The number of hydrogen-bond donors (Lipinski definition) is 0. The summed E-state index contributed by atoms with van der Waals surface area (Å²) in [5.74, 6) is 3.53. The number of benzene rings is 1. The summed E-state index contributed by atoms with van der Waals surface area (Å²) in [4.78, 5) is 4.39. The lowest BCUT2D eigenvalue weighted by Gasteiger charge is -2.08. The van der Waals surface area contributed by atoms with Crippen LogP contribution in [-0.4, -0.2) is 28.7 Å². The zero-order chi connectivity index (χ0) is 12.7. The number of nitrogens with zero attached hydrogens (tertiary/aromatic N) is 3. The van der Waals surface area contributed by atoms with Gasteiger partial charge >= 0.3 is 0 Å². The summed E-state index contributed by atoms with van der Waals surface area (Å²) >= 11 is 0. The highest BCUT2D eigenvalue weighted by Gasteiger charge is 2.21. The summed E-state index contributed by atoms with van der Waals surface area (Å²) in [6, 6.07) is 3.67. The summed E-state index contributed by atoms with van der Waals surface area (Å²) in [5.41, 5.74) is 0.838. The van der Waals surface area contributed by atoms with Gasteiger partial charge in [0.15, 0.2) is 17.3 Å². The van der Waals surface area contributed by atoms with Crippen LogP contribution >= 0.6 is 0 Å². The van der Waals surface area contributed by atoms with E-state index in [1.165, 1.54) is 0 Å². The second-order valence-electron chi connectivity index (χ2n) is 4.01. The van der Waals surface area contributed by atoms with Gasteiger partial charge in [-0.2, -0.15) is 5.10 Å². The Morgan fingerprint density at radius 2 is 2.00 bits per heavy atom. The first-order chi connectivity index (χ1) is 8.69. The average Bonchev–Trinajstić information content (AvgIpc) is 2.93. The van der Waals surface area contributed by atoms with Crippen molar-refractivity contribution >= 4 is 0 Å². The van der Waals surface area contributed by atoms with Gasteiger partial charge < -0.3 is 14.2 Å². The Hall–Kier alpha value is -2.24. The second-order valence-corrected chi connectivity index (χ2v) is 4.01. The molecule has 0 bridgehead atoms. The molecule has 0 unspecified atom stereocenters. The molecule has 0 atom stereocenters. The van der Waals surface area contributed by atoms with Crippen LogP contribution in [0.3, 0.4) is 0 Å². The quantitative estimate of drug-likeness (QED) is 0.805. The zero-order valence-corrected chi connectivity index (χ0v) is 10.4. The van der Waals surface area contributed by atoms with Crippen molar-refractivity contribution in [1.29, 1.82) is 0 Å². The molecule has 1 aromatic carbocycles. The first-order valence-corrected chi connectivity index (χ1v) is 5.54. The topological polar surface area (TPSA) is 58.4 Å². The third kappa shape index (κ3) is 1.57. The lowest BCUT2D eigenvalue weighted by atomic mass is 10.1. The van der Waals surface area contributed by atoms with E-state index in [2.05, 4.69) is 10.1 Å². The lowest BCUT2D eigenvalue weighted by molar-refractivity contribution is 0.174. The maximum absolute atomic E-state index is 5.37. The maximum atomic E-state index is 5.37. The maximum Gasteiger partial charge on any atom is 0.231 e. The predicted molar refractivity (Wildman–Crippen MR) is 63.9 cm³/mol. The van der Waals surface area contributed by atoms with Gasteiger partial charge in [-0.1, -0.05) is 0 Å². The molecule has 6 heteroatoms. The number of rotatable bonds is 2. The Morgan fingerprint density at radius 3 is 2.61 bits per heavy atom. The van der Waals surface area contributed by atoms with Crippen LogP contribution in [0.5, 0.6) is 17.2 Å². The molecule has 0 N–H and O–H groups in total. The average molecular weight is 247 g/mol. The van der Waals surface area contributed by atoms with Crippen molar-refractivity contribution in [1.82, 2.24) is 14.8 Å². The van der Waals surface area contributed by atoms with E-state index >= 15 is 0 Å². The number of methoxy groups -OCH3 is 1. The van der Waals surface area contributed by atoms with E-state index in [9.17, 15) is 0 Å². The highest BCUT2D eigenvalue weighted by molar-refractivity contribution is 5.70. The highest BCUT2D eigenvalue weighted by atomic mass is 16.7. The molecule has 0 aliphatic carbocycles. The van der Waals surface area contributed by atoms with Crippen LogP contribution in [-0.2, 0) is 7.05 Å². The van der Waals surface area contributed by atoms with Crippen LogP contribution in [0.4, 0.5) is 0 Å². The van der Waals surface area contributed by atoms with E-state index in [-0.39, 0.29) is 6.79 Å². The Morgan fingerprint density at radius 1 is 1.28 bits per heavy atom. The lowest BCUT2D eigenvalue weighted by Crippen LogP contribution is -1.97. The molecular formula is C12H13N3O3. The van der Waals surface area contributed by atoms with Crippen molar-refractivity contribution in [3.63, 3.8) is 0 Å². The van der Waals surface area contributed by atoms with E-state index in [0.717, 1.165) is 11.4 Å². The molecule has 1 aliphatic rings. The van der Waals surface area contributed by atoms with Crippen molar-refractivity contribution in [2.75, 3.05) is 13.9 Å². The van der Waals surface area contributed by atoms with Gasteiger partial charge in [-0.05, 0) is 13.0 Å². The summed E-state index contributed by atoms with van der Waals surface area (Å²) in [6.45, 7) is 2.09. The van der Waals surface area contributed by atoms with E-state index in [1.807, 2.05) is 26.1 Å². The largest absolute Gasteiger partial charge is 0.496 e. The second kappa shape index (κ2) is 3.90. The van der Waals surface area contributed by atoms with Crippen molar-refractivity contribution < 1.29 is 14.2 Å². The molecule has 94 valence electrons. The number of aryl methyl sites for hydroxylation is 2. The number of ether oxygens (including phenoxy) is 3. The SMILES string of the molecule is COc1cc2c(cc1-c1nc(C)nn1C)OCO2. The minimum atomic E-state index is 0.236. The molecule has 0 radical (unpaired) electrons. The van der Waals surface area contributed by atoms with Crippen LogP contribution in [0.25, 0.3) is 11.4 Å². The van der Waals surface area contributed by atoms with Gasteiger partial charge in [-0.3, -0.25) is 0 Å². The van der Waals surface area contributed by atoms with Gasteiger partial charge in [0.2, 0.25) is 6.79 Å². The molecule has 0 amide bonds. The van der Waals surface area contributed by atoms with Crippen molar-refractivity contribution in [3.05, 3.63) is 18.0 Å². The first kappa shape index (κ1) is 10.9. The fourth-order valence-electron chi connectivity index (χ4n) is 2.01. The highest BCUT2D eigenvalue weighted by Crippen LogP contribution is 2.41. The smallest absolute Gasteiger partial charge is 0.231 e. The normalized spacial score (nSPS) is 12.8. The van der Waals surface area contributed by atoms with E-state index < -0.39 is 0 Å². The molecule has 2 aromatic rings. The number of aromatic nitrogens is 3. The van der Waals surface area contributed by atoms with Gasteiger partial charge in [0.05, 0.1) is 12.7 Å². The van der Waals surface area contributed by atoms with Crippen molar-refractivity contribution in [3.8, 4) is 28.6 Å². The van der Waals surface area contributed by atoms with E-state index in [1.54, 1.807) is 11.8 Å². The summed E-state index contributed by atoms with van der Waals surface area (Å²) in [7, 11) is 3.46. The third-order valence-corrected chi connectivity index (χ3v) is 2.80. The van der Waals surface area contributed by atoms with E-state index in [0.29, 0.717) is 23.1 Å². The molecule has 1 aromatic heterocycles. The summed E-state index contributed by atoms with van der Waals surface area (Å²) in [6.07, 6.45) is 0. The third-order valence-electron chi connectivity index (χ3n) is 2.80. The summed E-state index contributed by atoms with van der Waals surface area (Å²) in [5, 5.41) is 4.23. The Labute approximate surface area is 104 Å². The molecule has 2 heterocycles. The molecule has 0 saturated carbocycles. The molecule has 0 fully saturated rings. The van der Waals surface area contributed by atoms with Gasteiger partial charge in [0, 0.05) is 13.1 Å². The number of fused-ring (bicyclic) bond motifs is 1. The fourth-order valence-corrected chi connectivity index (χ4v) is 2.01. The monoisotopic (exact) mass is 247 g/mol. The van der Waals surface area contributed by atoms with E-state index in [4.69, 9.17) is 14.2 Å². The van der Waals surface area contributed by atoms with Crippen LogP contribution in [0.1, 0.15) is 5.82 Å². The van der Waals surface area contributed by atoms with Crippen LogP contribution in [0.2, 0.25) is 0 Å². The van der Waals surface area contributed by atoms with Gasteiger partial charge in [0.1, 0.15) is 11.6 Å². The molecule has 1 aliphatic heterocycles. The fraction of sp³-hybridized carbons (Fsp3) is 0.333. The first-order valence-electron chi connectivity index (χ1n) is 5.54. The minimum Gasteiger partial charge on any atom is -0.496 e. The zero-order valence-electron chi connectivity index (χ0n) is 10.4. The number of hydrogen-bond acceptors (Lipinski definition) is 5. The molecule has 0 saturated heterocycles. The summed E-state index contributed by atoms with van der Waals surface area (Å²) < 4.78 is 17.8.